The Morgan fingerprint density at radius 3 is 0.977 bits per heavy atom. The van der Waals surface area contributed by atoms with Gasteiger partial charge in [0.2, 0.25) is 0 Å². The maximum atomic E-state index is 12.9. The molecule has 0 unspecified atom stereocenters. The molecular formula is C27H19I9NO6+. The van der Waals surface area contributed by atoms with Crippen molar-refractivity contribution >= 4 is 221 Å². The summed E-state index contributed by atoms with van der Waals surface area (Å²) in [5, 5.41) is 0. The summed E-state index contributed by atoms with van der Waals surface area (Å²) in [6.45, 7) is 1.84. The van der Waals surface area contributed by atoms with E-state index in [4.69, 9.17) is 14.2 Å². The van der Waals surface area contributed by atoms with Gasteiger partial charge in [0.1, 0.15) is 39.5 Å². The van der Waals surface area contributed by atoms with E-state index in [1.165, 1.54) is 0 Å². The van der Waals surface area contributed by atoms with Crippen molar-refractivity contribution in [2.45, 2.75) is 0 Å². The zero-order chi connectivity index (χ0) is 31.8. The molecular weight excluding hydrogens is 1580 g/mol. The van der Waals surface area contributed by atoms with Gasteiger partial charge in [0.05, 0.1) is 16.7 Å². The van der Waals surface area contributed by atoms with Crippen LogP contribution in [-0.4, -0.2) is 57.4 Å². The lowest BCUT2D eigenvalue weighted by Crippen LogP contribution is -3.13. The van der Waals surface area contributed by atoms with E-state index in [9.17, 15) is 14.4 Å². The summed E-state index contributed by atoms with van der Waals surface area (Å²) in [5.41, 5.74) is 1.60. The molecule has 0 aromatic heterocycles. The Kier molecular flexibility index (Phi) is 18.3. The van der Waals surface area contributed by atoms with Gasteiger partial charge >= 0.3 is 17.9 Å². The van der Waals surface area contributed by atoms with Crippen LogP contribution in [0.4, 0.5) is 0 Å². The normalized spacial score (nSPS) is 11.0. The molecule has 0 fully saturated rings. The van der Waals surface area contributed by atoms with Crippen LogP contribution in [0.5, 0.6) is 0 Å². The van der Waals surface area contributed by atoms with Crippen LogP contribution in [0.15, 0.2) is 36.4 Å². The van der Waals surface area contributed by atoms with E-state index in [1.54, 1.807) is 0 Å². The van der Waals surface area contributed by atoms with Crippen molar-refractivity contribution in [1.29, 1.82) is 0 Å². The molecule has 0 amide bonds. The van der Waals surface area contributed by atoms with Crippen molar-refractivity contribution in [3.63, 3.8) is 0 Å². The smallest absolute Gasteiger partial charge is 0.339 e. The third-order valence-electron chi connectivity index (χ3n) is 5.71. The van der Waals surface area contributed by atoms with Gasteiger partial charge in [0.25, 0.3) is 0 Å². The Labute approximate surface area is 372 Å². The van der Waals surface area contributed by atoms with E-state index in [-0.39, 0.29) is 37.7 Å². The Morgan fingerprint density at radius 1 is 0.465 bits per heavy atom. The van der Waals surface area contributed by atoms with E-state index in [2.05, 4.69) is 203 Å². The summed E-state index contributed by atoms with van der Waals surface area (Å²) in [4.78, 5) is 39.6. The van der Waals surface area contributed by atoms with Gasteiger partial charge in [-0.05, 0) is 240 Å². The van der Waals surface area contributed by atoms with Crippen LogP contribution in [0, 0.1) is 32.1 Å². The van der Waals surface area contributed by atoms with Gasteiger partial charge in [-0.25, -0.2) is 14.4 Å². The van der Waals surface area contributed by atoms with E-state index >= 15 is 0 Å². The third-order valence-corrected chi connectivity index (χ3v) is 16.7. The summed E-state index contributed by atoms with van der Waals surface area (Å²) in [6.07, 6.45) is 0. The number of halogens is 9. The second kappa shape index (κ2) is 19.7. The Balaban J connectivity index is 1.63. The van der Waals surface area contributed by atoms with Gasteiger partial charge < -0.3 is 19.1 Å². The fourth-order valence-corrected chi connectivity index (χ4v) is 10.7. The molecule has 0 radical (unpaired) electrons. The summed E-state index contributed by atoms with van der Waals surface area (Å²) < 4.78 is 25.3. The fourth-order valence-electron chi connectivity index (χ4n) is 3.59. The molecule has 3 aromatic carbocycles. The highest BCUT2D eigenvalue weighted by Crippen LogP contribution is 2.25. The molecule has 0 spiro atoms. The number of esters is 3. The van der Waals surface area contributed by atoms with Crippen molar-refractivity contribution in [2.24, 2.45) is 0 Å². The van der Waals surface area contributed by atoms with Crippen LogP contribution in [0.3, 0.4) is 0 Å². The molecule has 1 N–H and O–H groups in total. The summed E-state index contributed by atoms with van der Waals surface area (Å²) in [7, 11) is 0. The van der Waals surface area contributed by atoms with Gasteiger partial charge in [0.15, 0.2) is 0 Å². The molecule has 0 aliphatic carbocycles. The van der Waals surface area contributed by atoms with E-state index in [0.29, 0.717) is 36.3 Å². The zero-order valence-electron chi connectivity index (χ0n) is 21.6. The predicted octanol–water partition coefficient (Wildman–Crippen LogP) is 7.88. The number of carbonyl (C=O) groups is 3. The van der Waals surface area contributed by atoms with Crippen molar-refractivity contribution in [2.75, 3.05) is 39.5 Å². The summed E-state index contributed by atoms with van der Waals surface area (Å²) >= 11 is 19.6. The number of hydrogen-bond acceptors (Lipinski definition) is 6. The number of rotatable bonds is 12. The van der Waals surface area contributed by atoms with Gasteiger partial charge in [-0.2, -0.15) is 0 Å². The number of benzene rings is 3. The molecule has 43 heavy (non-hydrogen) atoms. The largest absolute Gasteiger partial charge is 0.456 e. The lowest BCUT2D eigenvalue weighted by Gasteiger charge is -2.20. The highest BCUT2D eigenvalue weighted by Gasteiger charge is 2.20. The SMILES string of the molecule is O=C(OCC[NH+](CCOC(=O)c1cc(I)cc(I)c1I)CCOC(=O)c1cc(I)cc(I)c1I)c1cc(I)cc(I)c1I. The van der Waals surface area contributed by atoms with Crippen molar-refractivity contribution in [3.05, 3.63) is 85.2 Å². The minimum absolute atomic E-state index is 0.161. The topological polar surface area (TPSA) is 83.3 Å². The quantitative estimate of drug-likeness (QED) is 0.0861. The number of hydrogen-bond donors (Lipinski definition) is 1. The maximum absolute atomic E-state index is 12.9. The molecule has 0 aliphatic rings. The van der Waals surface area contributed by atoms with Crippen molar-refractivity contribution < 1.29 is 33.5 Å². The van der Waals surface area contributed by atoms with Crippen LogP contribution in [-0.2, 0) is 14.2 Å². The highest BCUT2D eigenvalue weighted by molar-refractivity contribution is 14.1. The van der Waals surface area contributed by atoms with Crippen LogP contribution in [0.1, 0.15) is 31.1 Å². The zero-order valence-corrected chi connectivity index (χ0v) is 41.0. The first-order valence-corrected chi connectivity index (χ1v) is 21.8. The second-order valence-electron chi connectivity index (χ2n) is 8.66. The Morgan fingerprint density at radius 2 is 0.721 bits per heavy atom. The summed E-state index contributed by atoms with van der Waals surface area (Å²) in [6, 6.07) is 11.5. The van der Waals surface area contributed by atoms with Gasteiger partial charge in [-0.3, -0.25) is 0 Å². The molecule has 7 nitrogen and oxygen atoms in total. The molecule has 0 saturated carbocycles. The second-order valence-corrected chi connectivity index (χ2v) is 19.1. The van der Waals surface area contributed by atoms with E-state index in [1.807, 2.05) is 36.4 Å². The van der Waals surface area contributed by atoms with E-state index < -0.39 is 0 Å². The molecule has 230 valence electrons. The molecule has 0 bridgehead atoms. The average Bonchev–Trinajstić information content (AvgIpc) is 2.93. The fraction of sp³-hybridized carbons (Fsp3) is 0.222. The van der Waals surface area contributed by atoms with Gasteiger partial charge in [0, 0.05) is 32.1 Å². The minimum atomic E-state index is -0.385. The highest BCUT2D eigenvalue weighted by atomic mass is 127. The Hall–Kier alpha value is 2.60. The van der Waals surface area contributed by atoms with Crippen molar-refractivity contribution in [1.82, 2.24) is 0 Å². The third kappa shape index (κ3) is 12.5. The monoisotopic (exact) mass is 1600 g/mol. The molecule has 16 heteroatoms. The number of carbonyl (C=O) groups excluding carboxylic acids is 3. The van der Waals surface area contributed by atoms with E-state index in [0.717, 1.165) is 37.0 Å². The average molecular weight is 1600 g/mol. The van der Waals surface area contributed by atoms with Crippen LogP contribution >= 0.6 is 203 Å². The maximum Gasteiger partial charge on any atom is 0.339 e. The number of quaternary nitrogens is 1. The first-order chi connectivity index (χ1) is 20.3. The molecule has 0 aliphatic heterocycles. The summed E-state index contributed by atoms with van der Waals surface area (Å²) in [5.74, 6) is -1.16. The first-order valence-electron chi connectivity index (χ1n) is 12.1. The van der Waals surface area contributed by atoms with Crippen LogP contribution in [0.25, 0.3) is 0 Å². The lowest BCUT2D eigenvalue weighted by molar-refractivity contribution is -0.900. The molecule has 0 heterocycles. The van der Waals surface area contributed by atoms with Crippen molar-refractivity contribution in [3.8, 4) is 0 Å². The lowest BCUT2D eigenvalue weighted by atomic mass is 10.2. The van der Waals surface area contributed by atoms with Gasteiger partial charge in [-0.15, -0.1) is 0 Å². The van der Waals surface area contributed by atoms with Crippen LogP contribution in [0.2, 0.25) is 0 Å². The first kappa shape index (κ1) is 40.0. The van der Waals surface area contributed by atoms with Crippen LogP contribution < -0.4 is 4.90 Å². The minimum Gasteiger partial charge on any atom is -0.456 e. The molecule has 3 aromatic rings. The molecule has 3 rings (SSSR count). The van der Waals surface area contributed by atoms with Gasteiger partial charge in [-0.1, -0.05) is 0 Å². The number of ether oxygens (including phenoxy) is 3. The standard InChI is InChI=1S/C27H18I9NO6/c28-13-7-16(22(34)19(31)10-13)25(38)41-4-1-37(2-5-42-26(39)17-8-14(29)11-20(32)23(17)35)3-6-43-27(40)18-9-15(30)12-21(33)24(18)36/h7-12H,1-6H2/p+1. The Bertz CT molecular complexity index is 1360. The molecule has 0 saturated heterocycles. The predicted molar refractivity (Wildman–Crippen MR) is 240 cm³/mol. The molecule has 0 atom stereocenters. The number of nitrogens with one attached hydrogen (secondary N) is 1.